The Kier molecular flexibility index (Phi) is 5.47. The zero-order valence-electron chi connectivity index (χ0n) is 10.9. The molecule has 5 nitrogen and oxygen atoms in total. The van der Waals surface area contributed by atoms with E-state index in [0.717, 1.165) is 30.6 Å². The number of nitrogens with zero attached hydrogens (tertiary/aromatic N) is 4. The van der Waals surface area contributed by atoms with Crippen molar-refractivity contribution in [2.75, 3.05) is 18.8 Å². The summed E-state index contributed by atoms with van der Waals surface area (Å²) in [5.41, 5.74) is 0. The highest BCUT2D eigenvalue weighted by Crippen LogP contribution is 2.17. The minimum Gasteiger partial charge on any atom is -0.343 e. The highest BCUT2D eigenvalue weighted by Gasteiger charge is 2.13. The van der Waals surface area contributed by atoms with Crippen LogP contribution in [0.15, 0.2) is 5.16 Å². The summed E-state index contributed by atoms with van der Waals surface area (Å²) in [6.45, 7) is 10.3. The van der Waals surface area contributed by atoms with Crippen molar-refractivity contribution in [3.63, 3.8) is 0 Å². The summed E-state index contributed by atoms with van der Waals surface area (Å²) in [4.78, 5) is 13.7. The predicted molar refractivity (Wildman–Crippen MR) is 69.1 cm³/mol. The molecule has 0 saturated carbocycles. The molecule has 1 amide bonds. The van der Waals surface area contributed by atoms with Gasteiger partial charge in [0.25, 0.3) is 0 Å². The third-order valence-electron chi connectivity index (χ3n) is 2.66. The number of carbonyl (C=O) groups excluding carboxylic acids is 1. The summed E-state index contributed by atoms with van der Waals surface area (Å²) in [6.07, 6.45) is 0. The fourth-order valence-corrected chi connectivity index (χ4v) is 2.58. The largest absolute Gasteiger partial charge is 0.343 e. The maximum atomic E-state index is 11.8. The second-order valence-electron chi connectivity index (χ2n) is 3.63. The van der Waals surface area contributed by atoms with E-state index in [1.165, 1.54) is 11.8 Å². The number of hydrogen-bond donors (Lipinski definition) is 0. The van der Waals surface area contributed by atoms with Gasteiger partial charge in [-0.15, -0.1) is 10.2 Å². The molecule has 96 valence electrons. The van der Waals surface area contributed by atoms with Crippen LogP contribution in [0.4, 0.5) is 0 Å². The van der Waals surface area contributed by atoms with Crippen LogP contribution in [0, 0.1) is 6.92 Å². The molecule has 0 saturated heterocycles. The number of amides is 1. The van der Waals surface area contributed by atoms with Crippen molar-refractivity contribution in [3.8, 4) is 0 Å². The van der Waals surface area contributed by atoms with E-state index in [2.05, 4.69) is 10.2 Å². The SMILES string of the molecule is CCN(CC)C(=O)CSc1nnc(C)n1CC. The average molecular weight is 256 g/mol. The van der Waals surface area contributed by atoms with Crippen LogP contribution in [0.2, 0.25) is 0 Å². The quantitative estimate of drug-likeness (QED) is 0.725. The summed E-state index contributed by atoms with van der Waals surface area (Å²) in [5, 5.41) is 8.92. The standard InChI is InChI=1S/C11H20N4OS/c1-5-14(6-2)10(16)8-17-11-13-12-9(4)15(11)7-3/h5-8H2,1-4H3. The highest BCUT2D eigenvalue weighted by atomic mass is 32.2. The molecule has 0 N–H and O–H groups in total. The van der Waals surface area contributed by atoms with Gasteiger partial charge in [0, 0.05) is 19.6 Å². The normalized spacial score (nSPS) is 10.6. The van der Waals surface area contributed by atoms with Crippen LogP contribution in [0.1, 0.15) is 26.6 Å². The Morgan fingerprint density at radius 3 is 2.47 bits per heavy atom. The molecule has 1 aromatic heterocycles. The smallest absolute Gasteiger partial charge is 0.233 e. The maximum absolute atomic E-state index is 11.8. The second kappa shape index (κ2) is 6.64. The minimum atomic E-state index is 0.156. The van der Waals surface area contributed by atoms with Crippen molar-refractivity contribution in [1.82, 2.24) is 19.7 Å². The lowest BCUT2D eigenvalue weighted by atomic mass is 10.5. The third-order valence-corrected chi connectivity index (χ3v) is 3.61. The van der Waals surface area contributed by atoms with Crippen LogP contribution in [0.25, 0.3) is 0 Å². The molecule has 0 unspecified atom stereocenters. The fraction of sp³-hybridized carbons (Fsp3) is 0.727. The monoisotopic (exact) mass is 256 g/mol. The molecule has 0 aliphatic rings. The first-order chi connectivity index (χ1) is 8.13. The molecular weight excluding hydrogens is 236 g/mol. The Morgan fingerprint density at radius 1 is 1.29 bits per heavy atom. The number of carbonyl (C=O) groups is 1. The maximum Gasteiger partial charge on any atom is 0.233 e. The Hall–Kier alpha value is -1.04. The van der Waals surface area contributed by atoms with Gasteiger partial charge in [-0.05, 0) is 27.7 Å². The van der Waals surface area contributed by atoms with E-state index in [9.17, 15) is 4.79 Å². The van der Waals surface area contributed by atoms with Crippen LogP contribution in [0.5, 0.6) is 0 Å². The third kappa shape index (κ3) is 3.46. The topological polar surface area (TPSA) is 51.0 Å². The minimum absolute atomic E-state index is 0.156. The molecule has 0 aromatic carbocycles. The van der Waals surface area contributed by atoms with E-state index in [0.29, 0.717) is 5.75 Å². The van der Waals surface area contributed by atoms with Gasteiger partial charge in [-0.2, -0.15) is 0 Å². The first-order valence-corrected chi connectivity index (χ1v) is 6.92. The number of aryl methyl sites for hydroxylation is 1. The lowest BCUT2D eigenvalue weighted by molar-refractivity contribution is -0.127. The number of hydrogen-bond acceptors (Lipinski definition) is 4. The van der Waals surface area contributed by atoms with E-state index in [1.807, 2.05) is 37.2 Å². The van der Waals surface area contributed by atoms with Crippen LogP contribution in [0.3, 0.4) is 0 Å². The lowest BCUT2D eigenvalue weighted by Gasteiger charge is -2.17. The van der Waals surface area contributed by atoms with E-state index < -0.39 is 0 Å². The summed E-state index contributed by atoms with van der Waals surface area (Å²) < 4.78 is 2.01. The summed E-state index contributed by atoms with van der Waals surface area (Å²) >= 11 is 1.46. The van der Waals surface area contributed by atoms with Gasteiger partial charge in [-0.25, -0.2) is 0 Å². The van der Waals surface area contributed by atoms with E-state index in [4.69, 9.17) is 0 Å². The first-order valence-electron chi connectivity index (χ1n) is 5.94. The molecule has 17 heavy (non-hydrogen) atoms. The number of rotatable bonds is 6. The molecule has 1 rings (SSSR count). The van der Waals surface area contributed by atoms with Gasteiger partial charge in [-0.3, -0.25) is 4.79 Å². The summed E-state index contributed by atoms with van der Waals surface area (Å²) in [5.74, 6) is 1.48. The molecule has 6 heteroatoms. The number of thioether (sulfide) groups is 1. The predicted octanol–water partition coefficient (Wildman–Crippen LogP) is 1.57. The van der Waals surface area contributed by atoms with E-state index >= 15 is 0 Å². The van der Waals surface area contributed by atoms with E-state index in [1.54, 1.807) is 0 Å². The second-order valence-corrected chi connectivity index (χ2v) is 4.57. The van der Waals surface area contributed by atoms with Crippen molar-refractivity contribution >= 4 is 17.7 Å². The fourth-order valence-electron chi connectivity index (χ4n) is 1.63. The Bertz CT molecular complexity index is 374. The molecule has 0 bridgehead atoms. The van der Waals surface area contributed by atoms with Crippen LogP contribution in [-0.2, 0) is 11.3 Å². The molecule has 0 fully saturated rings. The molecule has 0 atom stereocenters. The summed E-state index contributed by atoms with van der Waals surface area (Å²) in [7, 11) is 0. The molecule has 0 radical (unpaired) electrons. The van der Waals surface area contributed by atoms with Gasteiger partial charge in [0.05, 0.1) is 5.75 Å². The van der Waals surface area contributed by atoms with Crippen LogP contribution in [-0.4, -0.2) is 44.4 Å². The van der Waals surface area contributed by atoms with Crippen molar-refractivity contribution in [2.24, 2.45) is 0 Å². The molecule has 0 aliphatic heterocycles. The van der Waals surface area contributed by atoms with Crippen LogP contribution < -0.4 is 0 Å². The van der Waals surface area contributed by atoms with Crippen molar-refractivity contribution < 1.29 is 4.79 Å². The van der Waals surface area contributed by atoms with Gasteiger partial charge in [0.15, 0.2) is 5.16 Å². The molecular formula is C11H20N4OS. The van der Waals surface area contributed by atoms with Gasteiger partial charge in [0.1, 0.15) is 5.82 Å². The van der Waals surface area contributed by atoms with Crippen molar-refractivity contribution in [1.29, 1.82) is 0 Å². The molecule has 1 heterocycles. The lowest BCUT2D eigenvalue weighted by Crippen LogP contribution is -2.31. The van der Waals surface area contributed by atoms with Crippen LogP contribution >= 0.6 is 11.8 Å². The zero-order chi connectivity index (χ0) is 12.8. The molecule has 0 spiro atoms. The number of aromatic nitrogens is 3. The molecule has 1 aromatic rings. The van der Waals surface area contributed by atoms with Crippen molar-refractivity contribution in [3.05, 3.63) is 5.82 Å². The van der Waals surface area contributed by atoms with Gasteiger partial charge in [0.2, 0.25) is 5.91 Å². The van der Waals surface area contributed by atoms with Gasteiger partial charge >= 0.3 is 0 Å². The zero-order valence-corrected chi connectivity index (χ0v) is 11.8. The van der Waals surface area contributed by atoms with Crippen molar-refractivity contribution in [2.45, 2.75) is 39.4 Å². The Labute approximate surface area is 107 Å². The molecule has 0 aliphatic carbocycles. The Morgan fingerprint density at radius 2 is 1.94 bits per heavy atom. The average Bonchev–Trinajstić information content (AvgIpc) is 2.68. The van der Waals surface area contributed by atoms with Gasteiger partial charge in [-0.1, -0.05) is 11.8 Å². The highest BCUT2D eigenvalue weighted by molar-refractivity contribution is 7.99. The first kappa shape index (κ1) is 14.0. The van der Waals surface area contributed by atoms with Gasteiger partial charge < -0.3 is 9.47 Å². The van der Waals surface area contributed by atoms with E-state index in [-0.39, 0.29) is 5.91 Å². The summed E-state index contributed by atoms with van der Waals surface area (Å²) in [6, 6.07) is 0. The Balaban J connectivity index is 2.58.